The lowest BCUT2D eigenvalue weighted by molar-refractivity contribution is 0.595. The fourth-order valence-corrected chi connectivity index (χ4v) is 2.79. The molecule has 2 N–H and O–H groups in total. The molecule has 3 rings (SSSR count). The first-order valence-corrected chi connectivity index (χ1v) is 6.50. The van der Waals surface area contributed by atoms with Gasteiger partial charge in [-0.05, 0) is 20.4 Å². The molecular formula is C12H16ClN5. The van der Waals surface area contributed by atoms with Gasteiger partial charge in [0.15, 0.2) is 5.82 Å². The molecule has 1 saturated heterocycles. The minimum Gasteiger partial charge on any atom is -0.350 e. The number of nitrogens with zero attached hydrogens (tertiary/aromatic N) is 3. The molecule has 3 heterocycles. The Morgan fingerprint density at radius 2 is 2.39 bits per heavy atom. The van der Waals surface area contributed by atoms with Crippen molar-refractivity contribution in [3.8, 4) is 0 Å². The van der Waals surface area contributed by atoms with E-state index < -0.39 is 0 Å². The molecule has 0 bridgehead atoms. The molecule has 1 aliphatic rings. The molecule has 18 heavy (non-hydrogen) atoms. The Labute approximate surface area is 111 Å². The molecule has 0 saturated carbocycles. The highest BCUT2D eigenvalue weighted by Crippen LogP contribution is 2.30. The van der Waals surface area contributed by atoms with E-state index in [2.05, 4.69) is 32.3 Å². The summed E-state index contributed by atoms with van der Waals surface area (Å²) in [5, 5.41) is 12.3. The van der Waals surface area contributed by atoms with Gasteiger partial charge in [0, 0.05) is 30.9 Å². The zero-order valence-corrected chi connectivity index (χ0v) is 11.2. The van der Waals surface area contributed by atoms with Gasteiger partial charge in [-0.1, -0.05) is 11.6 Å². The summed E-state index contributed by atoms with van der Waals surface area (Å²) in [6, 6.07) is 2.81. The van der Waals surface area contributed by atoms with Crippen LogP contribution in [0, 0.1) is 0 Å². The van der Waals surface area contributed by atoms with Crippen LogP contribution in [0.4, 0.5) is 5.82 Å². The summed E-state index contributed by atoms with van der Waals surface area (Å²) < 4.78 is 0. The Balaban J connectivity index is 1.99. The molecule has 2 atom stereocenters. The van der Waals surface area contributed by atoms with Gasteiger partial charge in [0.05, 0.1) is 10.9 Å². The van der Waals surface area contributed by atoms with Crippen molar-refractivity contribution < 1.29 is 0 Å². The quantitative estimate of drug-likeness (QED) is 0.813. The molecule has 5 nitrogen and oxygen atoms in total. The first-order chi connectivity index (χ1) is 8.69. The molecule has 2 unspecified atom stereocenters. The topological polar surface area (TPSA) is 56.8 Å². The number of aromatic nitrogens is 3. The van der Waals surface area contributed by atoms with Gasteiger partial charge in [-0.2, -0.15) is 5.10 Å². The zero-order valence-electron chi connectivity index (χ0n) is 10.4. The standard InChI is InChI=1S/C12H16ClN5/c1-7-3-8(14-2)6-18(7)12-9-5-15-11(13)4-10(9)16-17-12/h4-5,7-8,14H,3,6H2,1-2H3,(H,16,17). The first-order valence-electron chi connectivity index (χ1n) is 6.12. The third-order valence-electron chi connectivity index (χ3n) is 3.65. The molecule has 0 amide bonds. The van der Waals surface area contributed by atoms with Crippen molar-refractivity contribution in [2.45, 2.75) is 25.4 Å². The fraction of sp³-hybridized carbons (Fsp3) is 0.500. The highest BCUT2D eigenvalue weighted by molar-refractivity contribution is 6.30. The molecule has 96 valence electrons. The maximum atomic E-state index is 5.88. The number of likely N-dealkylation sites (N-methyl/N-ethyl adjacent to an activating group) is 1. The number of fused-ring (bicyclic) bond motifs is 1. The van der Waals surface area contributed by atoms with Crippen molar-refractivity contribution in [3.05, 3.63) is 17.4 Å². The minimum absolute atomic E-state index is 0.477. The molecule has 0 aliphatic carbocycles. The van der Waals surface area contributed by atoms with Crippen LogP contribution in [-0.2, 0) is 0 Å². The van der Waals surface area contributed by atoms with Gasteiger partial charge in [0.1, 0.15) is 5.15 Å². The second-order valence-electron chi connectivity index (χ2n) is 4.82. The van der Waals surface area contributed by atoms with Crippen LogP contribution >= 0.6 is 11.6 Å². The maximum Gasteiger partial charge on any atom is 0.160 e. The summed E-state index contributed by atoms with van der Waals surface area (Å²) in [7, 11) is 2.00. The van der Waals surface area contributed by atoms with Crippen LogP contribution in [0.25, 0.3) is 10.9 Å². The van der Waals surface area contributed by atoms with Crippen molar-refractivity contribution in [2.24, 2.45) is 0 Å². The van der Waals surface area contributed by atoms with Crippen LogP contribution in [-0.4, -0.2) is 40.9 Å². The van der Waals surface area contributed by atoms with Gasteiger partial charge in [-0.25, -0.2) is 4.98 Å². The van der Waals surface area contributed by atoms with E-state index in [1.165, 1.54) is 0 Å². The second-order valence-corrected chi connectivity index (χ2v) is 5.21. The number of hydrogen-bond acceptors (Lipinski definition) is 4. The van der Waals surface area contributed by atoms with Gasteiger partial charge < -0.3 is 10.2 Å². The van der Waals surface area contributed by atoms with Gasteiger partial charge in [-0.3, -0.25) is 5.10 Å². The van der Waals surface area contributed by atoms with Gasteiger partial charge >= 0.3 is 0 Å². The third kappa shape index (κ3) is 1.83. The summed E-state index contributed by atoms with van der Waals surface area (Å²) in [5.41, 5.74) is 0.935. The van der Waals surface area contributed by atoms with E-state index in [9.17, 15) is 0 Å². The lowest BCUT2D eigenvalue weighted by atomic mass is 10.2. The van der Waals surface area contributed by atoms with E-state index >= 15 is 0 Å². The predicted molar refractivity (Wildman–Crippen MR) is 73.2 cm³/mol. The average Bonchev–Trinajstić information content (AvgIpc) is 2.91. The van der Waals surface area contributed by atoms with Gasteiger partial charge in [-0.15, -0.1) is 0 Å². The Bertz CT molecular complexity index is 567. The van der Waals surface area contributed by atoms with Crippen LogP contribution in [0.5, 0.6) is 0 Å². The largest absolute Gasteiger partial charge is 0.350 e. The van der Waals surface area contributed by atoms with Crippen LogP contribution in [0.3, 0.4) is 0 Å². The van der Waals surface area contributed by atoms with E-state index in [4.69, 9.17) is 11.6 Å². The van der Waals surface area contributed by atoms with Crippen molar-refractivity contribution >= 4 is 28.3 Å². The molecule has 0 radical (unpaired) electrons. The lowest BCUT2D eigenvalue weighted by Crippen LogP contribution is -2.31. The van der Waals surface area contributed by atoms with E-state index in [0.717, 1.165) is 29.7 Å². The summed E-state index contributed by atoms with van der Waals surface area (Å²) in [6.45, 7) is 3.20. The second kappa shape index (κ2) is 4.40. The first kappa shape index (κ1) is 11.7. The number of anilines is 1. The summed E-state index contributed by atoms with van der Waals surface area (Å²) in [5.74, 6) is 0.972. The average molecular weight is 266 g/mol. The Kier molecular flexibility index (Phi) is 2.87. The zero-order chi connectivity index (χ0) is 12.7. The van der Waals surface area contributed by atoms with Crippen LogP contribution in [0.15, 0.2) is 12.3 Å². The predicted octanol–water partition coefficient (Wildman–Crippen LogP) is 1.80. The minimum atomic E-state index is 0.477. The van der Waals surface area contributed by atoms with Crippen LogP contribution < -0.4 is 10.2 Å². The maximum absolute atomic E-state index is 5.88. The molecule has 6 heteroatoms. The van der Waals surface area contributed by atoms with Gasteiger partial charge in [0.2, 0.25) is 0 Å². The van der Waals surface area contributed by atoms with Crippen molar-refractivity contribution in [1.29, 1.82) is 0 Å². The molecule has 0 aromatic carbocycles. The van der Waals surface area contributed by atoms with Crippen molar-refractivity contribution in [3.63, 3.8) is 0 Å². The van der Waals surface area contributed by atoms with Crippen molar-refractivity contribution in [1.82, 2.24) is 20.5 Å². The van der Waals surface area contributed by atoms with Crippen LogP contribution in [0.1, 0.15) is 13.3 Å². The number of pyridine rings is 1. The Hall–Kier alpha value is -1.33. The van der Waals surface area contributed by atoms with E-state index in [-0.39, 0.29) is 0 Å². The highest BCUT2D eigenvalue weighted by Gasteiger charge is 2.30. The van der Waals surface area contributed by atoms with E-state index in [1.807, 2.05) is 13.1 Å². The lowest BCUT2D eigenvalue weighted by Gasteiger charge is -2.21. The number of rotatable bonds is 2. The third-order valence-corrected chi connectivity index (χ3v) is 3.86. The number of H-pyrrole nitrogens is 1. The highest BCUT2D eigenvalue weighted by atomic mass is 35.5. The Morgan fingerprint density at radius 1 is 1.56 bits per heavy atom. The molecule has 2 aromatic heterocycles. The van der Waals surface area contributed by atoms with Crippen LogP contribution in [0.2, 0.25) is 5.15 Å². The summed E-state index contributed by atoms with van der Waals surface area (Å²) in [4.78, 5) is 6.45. The number of halogens is 1. The molecule has 1 fully saturated rings. The summed E-state index contributed by atoms with van der Waals surface area (Å²) in [6.07, 6.45) is 2.92. The number of aromatic amines is 1. The molecule has 1 aliphatic heterocycles. The smallest absolute Gasteiger partial charge is 0.160 e. The van der Waals surface area contributed by atoms with E-state index in [1.54, 1.807) is 6.20 Å². The number of hydrogen-bond donors (Lipinski definition) is 2. The van der Waals surface area contributed by atoms with Crippen molar-refractivity contribution in [2.75, 3.05) is 18.5 Å². The Morgan fingerprint density at radius 3 is 3.11 bits per heavy atom. The molecule has 0 spiro atoms. The summed E-state index contributed by atoms with van der Waals surface area (Å²) >= 11 is 5.88. The SMILES string of the molecule is CNC1CC(C)N(c2n[nH]c3cc(Cl)ncc23)C1. The number of nitrogens with one attached hydrogen (secondary N) is 2. The fourth-order valence-electron chi connectivity index (χ4n) is 2.63. The monoisotopic (exact) mass is 265 g/mol. The molecular weight excluding hydrogens is 250 g/mol. The van der Waals surface area contributed by atoms with E-state index in [0.29, 0.717) is 17.2 Å². The molecule has 2 aromatic rings. The van der Waals surface area contributed by atoms with Gasteiger partial charge in [0.25, 0.3) is 0 Å². The normalized spacial score (nSPS) is 24.1.